The van der Waals surface area contributed by atoms with Gasteiger partial charge in [-0.15, -0.1) is 0 Å². The van der Waals surface area contributed by atoms with Gasteiger partial charge in [-0.05, 0) is 50.5 Å². The summed E-state index contributed by atoms with van der Waals surface area (Å²) < 4.78 is 38.4. The molecule has 3 rings (SSSR count). The second kappa shape index (κ2) is 8.97. The maximum atomic E-state index is 13.0. The van der Waals surface area contributed by atoms with Gasteiger partial charge in [0.25, 0.3) is 5.89 Å². The van der Waals surface area contributed by atoms with E-state index in [4.69, 9.17) is 9.26 Å². The van der Waals surface area contributed by atoms with Crippen LogP contribution in [-0.4, -0.2) is 36.5 Å². The number of likely N-dealkylation sites (N-methyl/N-ethyl adjacent to an activating group) is 1. The van der Waals surface area contributed by atoms with Crippen LogP contribution in [0, 0.1) is 27.7 Å². The molecule has 0 aliphatic carbocycles. The number of aryl methyl sites for hydroxylation is 4. The average Bonchev–Trinajstić information content (AvgIpc) is 3.12. The molecule has 3 aromatic rings. The summed E-state index contributed by atoms with van der Waals surface area (Å²) in [6.45, 7) is 7.96. The SMILES string of the molecule is Cc1cc(C)c(S(=O)(=O)N(C)CCc2noc(COc3ccccc3C)n2)c(C)c1. The molecule has 0 aliphatic heterocycles. The highest BCUT2D eigenvalue weighted by atomic mass is 32.2. The summed E-state index contributed by atoms with van der Waals surface area (Å²) in [6, 6.07) is 11.4. The average molecular weight is 430 g/mol. The molecule has 30 heavy (non-hydrogen) atoms. The zero-order valence-corrected chi connectivity index (χ0v) is 18.8. The number of rotatable bonds is 8. The summed E-state index contributed by atoms with van der Waals surface area (Å²) in [6.07, 6.45) is 0.341. The Bertz CT molecular complexity index is 1120. The molecule has 0 N–H and O–H groups in total. The van der Waals surface area contributed by atoms with E-state index in [2.05, 4.69) is 10.1 Å². The molecule has 0 bridgehead atoms. The summed E-state index contributed by atoms with van der Waals surface area (Å²) in [5.41, 5.74) is 3.55. The van der Waals surface area contributed by atoms with Crippen LogP contribution in [0.1, 0.15) is 34.0 Å². The summed E-state index contributed by atoms with van der Waals surface area (Å²) in [5, 5.41) is 3.94. The monoisotopic (exact) mass is 429 g/mol. The van der Waals surface area contributed by atoms with Gasteiger partial charge in [0.15, 0.2) is 12.4 Å². The number of ether oxygens (including phenoxy) is 1. The molecule has 160 valence electrons. The topological polar surface area (TPSA) is 85.5 Å². The Hall–Kier alpha value is -2.71. The number of sulfonamides is 1. The minimum atomic E-state index is -3.61. The summed E-state index contributed by atoms with van der Waals surface area (Å²) >= 11 is 0. The van der Waals surface area contributed by atoms with Crippen LogP contribution in [0.3, 0.4) is 0 Å². The minimum Gasteiger partial charge on any atom is -0.483 e. The van der Waals surface area contributed by atoms with Crippen LogP contribution >= 0.6 is 0 Å². The summed E-state index contributed by atoms with van der Waals surface area (Å²) in [7, 11) is -2.04. The molecule has 8 heteroatoms. The van der Waals surface area contributed by atoms with E-state index in [1.807, 2.05) is 64.1 Å². The van der Waals surface area contributed by atoms with E-state index in [1.54, 1.807) is 7.05 Å². The van der Waals surface area contributed by atoms with E-state index in [0.717, 1.165) is 28.0 Å². The molecule has 2 aromatic carbocycles. The quantitative estimate of drug-likeness (QED) is 0.542. The van der Waals surface area contributed by atoms with E-state index in [0.29, 0.717) is 23.0 Å². The first kappa shape index (κ1) is 22.0. The number of aromatic nitrogens is 2. The Morgan fingerprint density at radius 2 is 1.70 bits per heavy atom. The van der Waals surface area contributed by atoms with Crippen LogP contribution in [0.25, 0.3) is 0 Å². The van der Waals surface area contributed by atoms with E-state index in [1.165, 1.54) is 4.31 Å². The van der Waals surface area contributed by atoms with Crippen molar-refractivity contribution in [2.24, 2.45) is 0 Å². The Kier molecular flexibility index (Phi) is 6.58. The van der Waals surface area contributed by atoms with Crippen molar-refractivity contribution in [3.63, 3.8) is 0 Å². The Morgan fingerprint density at radius 3 is 2.37 bits per heavy atom. The molecule has 0 unspecified atom stereocenters. The van der Waals surface area contributed by atoms with Gasteiger partial charge in [0, 0.05) is 20.0 Å². The largest absolute Gasteiger partial charge is 0.483 e. The maximum Gasteiger partial charge on any atom is 0.264 e. The second-order valence-corrected chi connectivity index (χ2v) is 9.44. The Balaban J connectivity index is 1.62. The molecule has 0 saturated carbocycles. The predicted octanol–water partition coefficient (Wildman–Crippen LogP) is 3.75. The van der Waals surface area contributed by atoms with Gasteiger partial charge in [0.2, 0.25) is 10.0 Å². The van der Waals surface area contributed by atoms with Crippen molar-refractivity contribution in [3.8, 4) is 5.75 Å². The third-order valence-electron chi connectivity index (χ3n) is 4.88. The highest BCUT2D eigenvalue weighted by Crippen LogP contribution is 2.24. The number of benzene rings is 2. The Morgan fingerprint density at radius 1 is 1.03 bits per heavy atom. The molecule has 0 atom stereocenters. The van der Waals surface area contributed by atoms with E-state index in [9.17, 15) is 8.42 Å². The van der Waals surface area contributed by atoms with Gasteiger partial charge in [0.1, 0.15) is 5.75 Å². The number of para-hydroxylation sites is 1. The van der Waals surface area contributed by atoms with Crippen molar-refractivity contribution >= 4 is 10.0 Å². The smallest absolute Gasteiger partial charge is 0.264 e. The summed E-state index contributed by atoms with van der Waals surface area (Å²) in [5.74, 6) is 1.55. The van der Waals surface area contributed by atoms with Crippen LogP contribution in [0.2, 0.25) is 0 Å². The first-order chi connectivity index (χ1) is 14.2. The third kappa shape index (κ3) is 4.88. The van der Waals surface area contributed by atoms with Gasteiger partial charge < -0.3 is 9.26 Å². The molecular weight excluding hydrogens is 402 g/mol. The molecular formula is C22H27N3O4S. The van der Waals surface area contributed by atoms with Crippen LogP contribution in [0.4, 0.5) is 0 Å². The molecule has 7 nitrogen and oxygen atoms in total. The lowest BCUT2D eigenvalue weighted by atomic mass is 10.1. The highest BCUT2D eigenvalue weighted by molar-refractivity contribution is 7.89. The fraction of sp³-hybridized carbons (Fsp3) is 0.364. The number of hydrogen-bond donors (Lipinski definition) is 0. The van der Waals surface area contributed by atoms with E-state index < -0.39 is 10.0 Å². The van der Waals surface area contributed by atoms with Gasteiger partial charge in [-0.25, -0.2) is 12.7 Å². The second-order valence-electron chi connectivity index (χ2n) is 7.46. The Labute approximate surface area is 177 Å². The van der Waals surface area contributed by atoms with Crippen molar-refractivity contribution in [1.29, 1.82) is 0 Å². The van der Waals surface area contributed by atoms with Gasteiger partial charge in [0.05, 0.1) is 4.90 Å². The lowest BCUT2D eigenvalue weighted by Gasteiger charge is -2.20. The van der Waals surface area contributed by atoms with Crippen LogP contribution in [-0.2, 0) is 23.1 Å². The third-order valence-corrected chi connectivity index (χ3v) is 7.04. The highest BCUT2D eigenvalue weighted by Gasteiger charge is 2.25. The molecule has 0 saturated heterocycles. The minimum absolute atomic E-state index is 0.160. The first-order valence-corrected chi connectivity index (χ1v) is 11.2. The van der Waals surface area contributed by atoms with E-state index >= 15 is 0 Å². The standard InChI is InChI=1S/C22H27N3O4S/c1-15-12-17(3)22(18(4)13-15)30(26,27)25(5)11-10-20-23-21(29-24-20)14-28-19-9-7-6-8-16(19)2/h6-9,12-13H,10-11,14H2,1-5H3. The van der Waals surface area contributed by atoms with Gasteiger partial charge in [-0.3, -0.25) is 0 Å². The zero-order valence-electron chi connectivity index (χ0n) is 18.0. The lowest BCUT2D eigenvalue weighted by Crippen LogP contribution is -2.30. The lowest BCUT2D eigenvalue weighted by molar-refractivity contribution is 0.241. The van der Waals surface area contributed by atoms with Gasteiger partial charge in [-0.1, -0.05) is 41.1 Å². The molecule has 1 aromatic heterocycles. The zero-order chi connectivity index (χ0) is 21.9. The number of hydrogen-bond acceptors (Lipinski definition) is 6. The van der Waals surface area contributed by atoms with Crippen LogP contribution in [0.15, 0.2) is 45.8 Å². The van der Waals surface area contributed by atoms with Crippen molar-refractivity contribution in [3.05, 3.63) is 70.4 Å². The van der Waals surface area contributed by atoms with E-state index in [-0.39, 0.29) is 13.2 Å². The predicted molar refractivity (Wildman–Crippen MR) is 114 cm³/mol. The molecule has 0 radical (unpaired) electrons. The summed E-state index contributed by atoms with van der Waals surface area (Å²) in [4.78, 5) is 4.66. The van der Waals surface area contributed by atoms with Gasteiger partial charge >= 0.3 is 0 Å². The molecule has 0 spiro atoms. The van der Waals surface area contributed by atoms with Crippen molar-refractivity contribution in [1.82, 2.24) is 14.4 Å². The van der Waals surface area contributed by atoms with Crippen molar-refractivity contribution < 1.29 is 17.7 Å². The van der Waals surface area contributed by atoms with Crippen LogP contribution in [0.5, 0.6) is 5.75 Å². The fourth-order valence-corrected chi connectivity index (χ4v) is 4.99. The van der Waals surface area contributed by atoms with Gasteiger partial charge in [-0.2, -0.15) is 4.98 Å². The normalized spacial score (nSPS) is 11.8. The maximum absolute atomic E-state index is 13.0. The van der Waals surface area contributed by atoms with Crippen molar-refractivity contribution in [2.75, 3.05) is 13.6 Å². The molecule has 0 fully saturated rings. The first-order valence-electron chi connectivity index (χ1n) is 9.72. The number of nitrogens with zero attached hydrogens (tertiary/aromatic N) is 3. The molecule has 0 aliphatic rings. The molecule has 0 amide bonds. The van der Waals surface area contributed by atoms with Crippen LogP contribution < -0.4 is 4.74 Å². The van der Waals surface area contributed by atoms with Crippen molar-refractivity contribution in [2.45, 2.75) is 45.6 Å². The fourth-order valence-electron chi connectivity index (χ4n) is 3.42. The molecule has 1 heterocycles.